The lowest BCUT2D eigenvalue weighted by Crippen LogP contribution is -2.54. The predicted molar refractivity (Wildman–Crippen MR) is 206 cm³/mol. The van der Waals surface area contributed by atoms with Gasteiger partial charge in [-0.1, -0.05) is 114 Å². The molecule has 4 fully saturated rings. The average Bonchev–Trinajstić information content (AvgIpc) is 3.40. The van der Waals surface area contributed by atoms with Gasteiger partial charge < -0.3 is 16.2 Å². The van der Waals surface area contributed by atoms with Gasteiger partial charge in [-0.2, -0.15) is 0 Å². The summed E-state index contributed by atoms with van der Waals surface area (Å²) in [6, 6.07) is 5.64. The number of ether oxygens (including phenoxy) is 1. The maximum Gasteiger partial charge on any atom is 0.144 e. The molecule has 10 atom stereocenters. The van der Waals surface area contributed by atoms with E-state index in [0.717, 1.165) is 71.1 Å². The van der Waals surface area contributed by atoms with Gasteiger partial charge in [-0.3, -0.25) is 0 Å². The number of hydrogen-bond donors (Lipinski definition) is 2. The molecule has 47 heavy (non-hydrogen) atoms. The molecule has 0 radical (unpaired) electrons. The van der Waals surface area contributed by atoms with Crippen LogP contribution >= 0.6 is 0 Å². The predicted octanol–water partition coefficient (Wildman–Crippen LogP) is 13.0. The molecule has 0 spiro atoms. The fourth-order valence-electron chi connectivity index (χ4n) is 12.3. The number of nitrogens with two attached hydrogens (primary N) is 2. The lowest BCUT2D eigenvalue weighted by Gasteiger charge is -2.61. The number of fused-ring (bicyclic) bond motifs is 5. The summed E-state index contributed by atoms with van der Waals surface area (Å²) in [5, 5.41) is 0. The summed E-state index contributed by atoms with van der Waals surface area (Å²) >= 11 is 0. The normalized spacial score (nSPS) is 34.5. The highest BCUT2D eigenvalue weighted by Gasteiger charge is 2.60. The Morgan fingerprint density at radius 2 is 1.45 bits per heavy atom. The number of hydrogen-bond acceptors (Lipinski definition) is 3. The van der Waals surface area contributed by atoms with Crippen LogP contribution < -0.4 is 16.2 Å². The quantitative estimate of drug-likeness (QED) is 0.209. The van der Waals surface area contributed by atoms with Crippen molar-refractivity contribution in [2.45, 2.75) is 178 Å². The molecule has 3 heteroatoms. The Hall–Kier alpha value is -1.38. The van der Waals surface area contributed by atoms with E-state index in [2.05, 4.69) is 62.3 Å². The Labute approximate surface area is 292 Å². The zero-order valence-electron chi connectivity index (χ0n) is 32.6. The fourth-order valence-corrected chi connectivity index (χ4v) is 12.3. The topological polar surface area (TPSA) is 61.3 Å². The first-order valence-electron chi connectivity index (χ1n) is 20.7. The summed E-state index contributed by atoms with van der Waals surface area (Å²) in [5.74, 6) is 9.09. The largest absolute Gasteiger partial charge is 0.488 e. The first kappa shape index (κ1) is 38.4. The van der Waals surface area contributed by atoms with Gasteiger partial charge in [0.1, 0.15) is 5.75 Å². The van der Waals surface area contributed by atoms with Gasteiger partial charge in [-0.05, 0) is 134 Å². The zero-order valence-corrected chi connectivity index (χ0v) is 32.6. The summed E-state index contributed by atoms with van der Waals surface area (Å²) in [4.78, 5) is 0. The van der Waals surface area contributed by atoms with Crippen LogP contribution in [0.2, 0.25) is 0 Å². The highest BCUT2D eigenvalue weighted by Crippen LogP contribution is 2.68. The van der Waals surface area contributed by atoms with E-state index in [-0.39, 0.29) is 6.10 Å². The highest BCUT2D eigenvalue weighted by molar-refractivity contribution is 5.59. The lowest BCUT2D eigenvalue weighted by molar-refractivity contribution is -0.126. The second kappa shape index (κ2) is 17.0. The van der Waals surface area contributed by atoms with E-state index in [1.54, 1.807) is 0 Å². The van der Waals surface area contributed by atoms with Crippen molar-refractivity contribution < 1.29 is 4.74 Å². The van der Waals surface area contributed by atoms with E-state index in [4.69, 9.17) is 16.2 Å². The standard InChI is InChI=1S/C33H54N2O.C11H24/c1-21(2)7-6-8-22(3)27-12-13-28-26-11-9-23-19-25(36-31-20-24(34)10-14-30(31)35)15-17-32(23,4)29(26)16-18-33(27,28)5;1-5-9-11(8-4)10(6-2)7-3/h10,14,20-23,25-29H,6-9,11-13,15-19,34-35H2,1-5H3;10-11H,5-9H2,1-4H3. The van der Waals surface area contributed by atoms with Crippen molar-refractivity contribution in [2.75, 3.05) is 11.5 Å². The molecule has 4 N–H and O–H groups in total. The van der Waals surface area contributed by atoms with Gasteiger partial charge in [0, 0.05) is 11.8 Å². The highest BCUT2D eigenvalue weighted by atomic mass is 16.5. The molecular formula is C44H78N2O. The molecule has 0 bridgehead atoms. The number of rotatable bonds is 13. The van der Waals surface area contributed by atoms with Gasteiger partial charge in [0.2, 0.25) is 0 Å². The minimum atomic E-state index is 0.278. The third kappa shape index (κ3) is 8.68. The molecule has 10 unspecified atom stereocenters. The first-order valence-corrected chi connectivity index (χ1v) is 20.7. The Kier molecular flexibility index (Phi) is 13.9. The molecule has 5 rings (SSSR count). The smallest absolute Gasteiger partial charge is 0.144 e. The fraction of sp³-hybridized carbons (Fsp3) is 0.864. The van der Waals surface area contributed by atoms with Gasteiger partial charge in [-0.25, -0.2) is 0 Å². The molecule has 0 aromatic heterocycles. The third-order valence-electron chi connectivity index (χ3n) is 15.0. The van der Waals surface area contributed by atoms with E-state index < -0.39 is 0 Å². The van der Waals surface area contributed by atoms with Crippen LogP contribution in [0, 0.1) is 64.1 Å². The van der Waals surface area contributed by atoms with Gasteiger partial charge in [-0.15, -0.1) is 0 Å². The van der Waals surface area contributed by atoms with E-state index in [1.165, 1.54) is 103 Å². The van der Waals surface area contributed by atoms with Crippen LogP contribution in [0.3, 0.4) is 0 Å². The monoisotopic (exact) mass is 651 g/mol. The summed E-state index contributed by atoms with van der Waals surface area (Å²) < 4.78 is 6.46. The Balaban J connectivity index is 0.000000391. The van der Waals surface area contributed by atoms with Crippen LogP contribution in [0.4, 0.5) is 11.4 Å². The summed E-state index contributed by atoms with van der Waals surface area (Å²) in [6.45, 7) is 22.0. The second-order valence-corrected chi connectivity index (χ2v) is 18.0. The Morgan fingerprint density at radius 1 is 0.766 bits per heavy atom. The Bertz CT molecular complexity index is 1080. The van der Waals surface area contributed by atoms with Crippen molar-refractivity contribution in [2.24, 2.45) is 64.1 Å². The van der Waals surface area contributed by atoms with Crippen molar-refractivity contribution in [1.29, 1.82) is 0 Å². The summed E-state index contributed by atoms with van der Waals surface area (Å²) in [7, 11) is 0. The molecule has 3 nitrogen and oxygen atoms in total. The minimum absolute atomic E-state index is 0.278. The lowest BCUT2D eigenvalue weighted by atomic mass is 9.44. The van der Waals surface area contributed by atoms with Crippen molar-refractivity contribution in [3.63, 3.8) is 0 Å². The van der Waals surface area contributed by atoms with Crippen molar-refractivity contribution >= 4 is 11.4 Å². The minimum Gasteiger partial charge on any atom is -0.488 e. The van der Waals surface area contributed by atoms with Crippen LogP contribution in [0.15, 0.2) is 18.2 Å². The molecule has 0 aliphatic heterocycles. The third-order valence-corrected chi connectivity index (χ3v) is 15.0. The van der Waals surface area contributed by atoms with Gasteiger partial charge >= 0.3 is 0 Å². The molecular weight excluding hydrogens is 572 g/mol. The first-order chi connectivity index (χ1) is 22.4. The number of anilines is 2. The van der Waals surface area contributed by atoms with E-state index in [9.17, 15) is 0 Å². The van der Waals surface area contributed by atoms with E-state index in [1.807, 2.05) is 18.2 Å². The van der Waals surface area contributed by atoms with Crippen LogP contribution in [0.25, 0.3) is 0 Å². The molecule has 0 amide bonds. The molecule has 4 aliphatic carbocycles. The second-order valence-electron chi connectivity index (χ2n) is 18.0. The number of benzene rings is 1. The van der Waals surface area contributed by atoms with Crippen LogP contribution in [0.5, 0.6) is 5.75 Å². The molecule has 1 aromatic carbocycles. The van der Waals surface area contributed by atoms with Crippen molar-refractivity contribution in [3.8, 4) is 5.75 Å². The summed E-state index contributed by atoms with van der Waals surface area (Å²) in [5.41, 5.74) is 14.7. The van der Waals surface area contributed by atoms with Gasteiger partial charge in [0.05, 0.1) is 11.8 Å². The molecule has 0 heterocycles. The Morgan fingerprint density at radius 3 is 2.11 bits per heavy atom. The van der Waals surface area contributed by atoms with Crippen LogP contribution in [-0.4, -0.2) is 6.10 Å². The van der Waals surface area contributed by atoms with Crippen molar-refractivity contribution in [1.82, 2.24) is 0 Å². The zero-order chi connectivity index (χ0) is 34.4. The maximum absolute atomic E-state index is 6.46. The van der Waals surface area contributed by atoms with Gasteiger partial charge in [0.15, 0.2) is 0 Å². The molecule has 4 saturated carbocycles. The average molecular weight is 651 g/mol. The molecule has 4 aliphatic rings. The van der Waals surface area contributed by atoms with Crippen molar-refractivity contribution in [3.05, 3.63) is 18.2 Å². The van der Waals surface area contributed by atoms with Gasteiger partial charge in [0.25, 0.3) is 0 Å². The maximum atomic E-state index is 6.46. The molecule has 0 saturated heterocycles. The summed E-state index contributed by atoms with van der Waals surface area (Å²) in [6.07, 6.45) is 23.9. The van der Waals surface area contributed by atoms with Crippen LogP contribution in [-0.2, 0) is 0 Å². The number of nitrogen functional groups attached to an aromatic ring is 2. The molecule has 1 aromatic rings. The molecule has 270 valence electrons. The van der Waals surface area contributed by atoms with E-state index >= 15 is 0 Å². The van der Waals surface area contributed by atoms with Crippen LogP contribution in [0.1, 0.15) is 171 Å². The SMILES string of the molecule is CC(C)CCCC(C)C1CCC2C3CCC4CC(Oc5cc(N)ccc5N)CCC4(C)C3CCC12C.CCCC(CC)C(CC)CC. The van der Waals surface area contributed by atoms with E-state index in [0.29, 0.717) is 16.5 Å².